The molecule has 0 aliphatic carbocycles. The van der Waals surface area contributed by atoms with Crippen molar-refractivity contribution in [1.29, 1.82) is 0 Å². The first-order valence-corrected chi connectivity index (χ1v) is 8.88. The lowest BCUT2D eigenvalue weighted by Crippen LogP contribution is -2.40. The molecule has 3 aromatic rings. The summed E-state index contributed by atoms with van der Waals surface area (Å²) in [6.45, 7) is 2.33. The zero-order chi connectivity index (χ0) is 18.8. The van der Waals surface area contributed by atoms with E-state index < -0.39 is 11.2 Å². The Kier molecular flexibility index (Phi) is 4.90. The average molecular weight is 375 g/mol. The molecular formula is C17H18FN5O2S. The van der Waals surface area contributed by atoms with E-state index in [4.69, 9.17) is 5.73 Å². The summed E-state index contributed by atoms with van der Waals surface area (Å²) in [6.07, 6.45) is 0.705. The number of hydrogen-bond donors (Lipinski definition) is 2. The maximum absolute atomic E-state index is 13.0. The molecule has 0 aliphatic heterocycles. The minimum atomic E-state index is -0.488. The van der Waals surface area contributed by atoms with E-state index in [2.05, 4.69) is 10.3 Å². The van der Waals surface area contributed by atoms with Gasteiger partial charge < -0.3 is 11.1 Å². The van der Waals surface area contributed by atoms with Crippen LogP contribution in [0.15, 0.2) is 39.2 Å². The predicted octanol–water partition coefficient (Wildman–Crippen LogP) is 2.55. The van der Waals surface area contributed by atoms with Crippen LogP contribution < -0.4 is 22.3 Å². The summed E-state index contributed by atoms with van der Waals surface area (Å²) in [5.41, 5.74) is 6.43. The molecule has 26 heavy (non-hydrogen) atoms. The van der Waals surface area contributed by atoms with Crippen molar-refractivity contribution in [2.24, 2.45) is 7.05 Å². The van der Waals surface area contributed by atoms with Crippen LogP contribution in [-0.4, -0.2) is 14.1 Å². The Balaban J connectivity index is 2.02. The monoisotopic (exact) mass is 375 g/mol. The van der Waals surface area contributed by atoms with Gasteiger partial charge in [-0.25, -0.2) is 14.2 Å². The number of aromatic nitrogens is 3. The summed E-state index contributed by atoms with van der Waals surface area (Å²) in [6, 6.07) is 5.85. The zero-order valence-corrected chi connectivity index (χ0v) is 15.1. The highest BCUT2D eigenvalue weighted by Crippen LogP contribution is 2.28. The number of nitrogens with zero attached hydrogens (tertiary/aromatic N) is 3. The van der Waals surface area contributed by atoms with Gasteiger partial charge in [0.15, 0.2) is 5.13 Å². The Morgan fingerprint density at radius 3 is 2.62 bits per heavy atom. The smallest absolute Gasteiger partial charge is 0.332 e. The first-order valence-electron chi connectivity index (χ1n) is 8.00. The molecule has 2 aromatic heterocycles. The van der Waals surface area contributed by atoms with E-state index in [9.17, 15) is 14.0 Å². The largest absolute Gasteiger partial charge is 0.384 e. The lowest BCUT2D eigenvalue weighted by atomic mass is 10.2. The normalized spacial score (nSPS) is 10.9. The lowest BCUT2D eigenvalue weighted by Gasteiger charge is -2.13. The zero-order valence-electron chi connectivity index (χ0n) is 14.3. The van der Waals surface area contributed by atoms with E-state index in [0.717, 1.165) is 4.57 Å². The summed E-state index contributed by atoms with van der Waals surface area (Å²) in [7, 11) is 1.42. The highest BCUT2D eigenvalue weighted by Gasteiger charge is 2.19. The molecule has 0 aliphatic rings. The van der Waals surface area contributed by atoms with E-state index in [1.807, 2.05) is 6.92 Å². The van der Waals surface area contributed by atoms with Crippen molar-refractivity contribution < 1.29 is 4.39 Å². The SMILES string of the molecule is CCCn1c(N)c(-c2csc(Nc3ccc(F)cc3)n2)c(=O)n(C)c1=O. The summed E-state index contributed by atoms with van der Waals surface area (Å²) < 4.78 is 15.4. The fraction of sp³-hybridized carbons (Fsp3) is 0.235. The third-order valence-electron chi connectivity index (χ3n) is 3.89. The van der Waals surface area contributed by atoms with Gasteiger partial charge in [-0.1, -0.05) is 6.92 Å². The van der Waals surface area contributed by atoms with Gasteiger partial charge in [0.1, 0.15) is 17.2 Å². The van der Waals surface area contributed by atoms with Crippen LogP contribution in [-0.2, 0) is 13.6 Å². The maximum Gasteiger partial charge on any atom is 0.332 e. The van der Waals surface area contributed by atoms with Gasteiger partial charge in [0.25, 0.3) is 5.56 Å². The third-order valence-corrected chi connectivity index (χ3v) is 4.64. The van der Waals surface area contributed by atoms with Crippen molar-refractivity contribution in [2.45, 2.75) is 19.9 Å². The molecule has 3 rings (SSSR count). The van der Waals surface area contributed by atoms with Crippen LogP contribution in [0.1, 0.15) is 13.3 Å². The number of nitrogens with one attached hydrogen (secondary N) is 1. The average Bonchev–Trinajstić information content (AvgIpc) is 3.07. The van der Waals surface area contributed by atoms with Gasteiger partial charge in [-0.05, 0) is 30.7 Å². The molecule has 0 fully saturated rings. The number of nitrogens with two attached hydrogens (primary N) is 1. The molecule has 136 valence electrons. The quantitative estimate of drug-likeness (QED) is 0.715. The van der Waals surface area contributed by atoms with Crippen LogP contribution in [0.3, 0.4) is 0 Å². The Labute approximate surface area is 152 Å². The van der Waals surface area contributed by atoms with Crippen molar-refractivity contribution in [3.05, 3.63) is 56.3 Å². The number of nitrogen functional groups attached to an aromatic ring is 1. The Bertz CT molecular complexity index is 1050. The fourth-order valence-corrected chi connectivity index (χ4v) is 3.29. The molecule has 0 spiro atoms. The topological polar surface area (TPSA) is 94.9 Å². The van der Waals surface area contributed by atoms with Crippen molar-refractivity contribution in [1.82, 2.24) is 14.1 Å². The molecule has 0 atom stereocenters. The standard InChI is InChI=1S/C17H18FN5O2S/c1-3-8-23-14(19)13(15(24)22(2)17(23)25)12-9-26-16(21-12)20-11-6-4-10(18)5-7-11/h4-7,9H,3,8,19H2,1-2H3,(H,20,21). The molecule has 7 nitrogen and oxygen atoms in total. The fourth-order valence-electron chi connectivity index (χ4n) is 2.57. The minimum Gasteiger partial charge on any atom is -0.384 e. The number of anilines is 3. The molecule has 0 radical (unpaired) electrons. The van der Waals surface area contributed by atoms with Crippen LogP contribution in [0, 0.1) is 5.82 Å². The summed E-state index contributed by atoms with van der Waals surface area (Å²) in [5, 5.41) is 5.27. The number of hydrogen-bond acceptors (Lipinski definition) is 6. The van der Waals surface area contributed by atoms with Gasteiger partial charge in [0, 0.05) is 24.7 Å². The second-order valence-electron chi connectivity index (χ2n) is 5.73. The highest BCUT2D eigenvalue weighted by atomic mass is 32.1. The summed E-state index contributed by atoms with van der Waals surface area (Å²) in [5.74, 6) is -0.219. The third kappa shape index (κ3) is 3.25. The van der Waals surface area contributed by atoms with Crippen molar-refractivity contribution in [3.63, 3.8) is 0 Å². The van der Waals surface area contributed by atoms with E-state index >= 15 is 0 Å². The number of rotatable bonds is 5. The number of halogens is 1. The molecule has 0 bridgehead atoms. The van der Waals surface area contributed by atoms with E-state index in [1.54, 1.807) is 17.5 Å². The van der Waals surface area contributed by atoms with Crippen LogP contribution >= 0.6 is 11.3 Å². The summed E-state index contributed by atoms with van der Waals surface area (Å²) in [4.78, 5) is 29.2. The van der Waals surface area contributed by atoms with Crippen LogP contribution in [0.4, 0.5) is 21.0 Å². The molecule has 0 unspecified atom stereocenters. The predicted molar refractivity (Wildman–Crippen MR) is 101 cm³/mol. The van der Waals surface area contributed by atoms with Crippen LogP contribution in [0.2, 0.25) is 0 Å². The number of thiazole rings is 1. The molecule has 3 N–H and O–H groups in total. The molecule has 0 saturated heterocycles. The first kappa shape index (κ1) is 17.9. The molecular weight excluding hydrogens is 357 g/mol. The summed E-state index contributed by atoms with van der Waals surface area (Å²) >= 11 is 1.28. The molecule has 9 heteroatoms. The van der Waals surface area contributed by atoms with E-state index in [1.165, 1.54) is 35.1 Å². The second-order valence-corrected chi connectivity index (χ2v) is 6.59. The van der Waals surface area contributed by atoms with Crippen molar-refractivity contribution in [2.75, 3.05) is 11.1 Å². The van der Waals surface area contributed by atoms with Gasteiger partial charge in [-0.3, -0.25) is 13.9 Å². The van der Waals surface area contributed by atoms with Crippen molar-refractivity contribution in [3.8, 4) is 11.3 Å². The van der Waals surface area contributed by atoms with Gasteiger partial charge in [0.2, 0.25) is 0 Å². The Morgan fingerprint density at radius 1 is 1.27 bits per heavy atom. The van der Waals surface area contributed by atoms with Gasteiger partial charge >= 0.3 is 5.69 Å². The van der Waals surface area contributed by atoms with Crippen LogP contribution in [0.5, 0.6) is 0 Å². The van der Waals surface area contributed by atoms with Gasteiger partial charge in [0.05, 0.1) is 5.69 Å². The Hall–Kier alpha value is -2.94. The first-order chi connectivity index (χ1) is 12.4. The van der Waals surface area contributed by atoms with E-state index in [0.29, 0.717) is 29.5 Å². The Morgan fingerprint density at radius 2 is 1.96 bits per heavy atom. The van der Waals surface area contributed by atoms with Gasteiger partial charge in [-0.15, -0.1) is 11.3 Å². The second kappa shape index (κ2) is 7.12. The van der Waals surface area contributed by atoms with Gasteiger partial charge in [-0.2, -0.15) is 0 Å². The highest BCUT2D eigenvalue weighted by molar-refractivity contribution is 7.14. The van der Waals surface area contributed by atoms with Crippen molar-refractivity contribution >= 4 is 28.0 Å². The minimum absolute atomic E-state index is 0.110. The molecule has 2 heterocycles. The van der Waals surface area contributed by atoms with Crippen LogP contribution in [0.25, 0.3) is 11.3 Å². The lowest BCUT2D eigenvalue weighted by molar-refractivity contribution is 0.600. The maximum atomic E-state index is 13.0. The molecule has 0 amide bonds. The molecule has 0 saturated carbocycles. The number of benzene rings is 1. The molecule has 1 aromatic carbocycles. The van der Waals surface area contributed by atoms with E-state index in [-0.39, 0.29) is 17.2 Å².